The minimum Gasteiger partial charge on any atom is -0.295 e. The van der Waals surface area contributed by atoms with Gasteiger partial charge in [0.05, 0.1) is 0 Å². The molecule has 2 heteroatoms. The van der Waals surface area contributed by atoms with E-state index in [0.717, 1.165) is 5.56 Å². The zero-order valence-electron chi connectivity index (χ0n) is 9.20. The largest absolute Gasteiger partial charge is 0.295 e. The second-order valence-electron chi connectivity index (χ2n) is 3.56. The van der Waals surface area contributed by atoms with Crippen molar-refractivity contribution in [3.8, 4) is 0 Å². The summed E-state index contributed by atoms with van der Waals surface area (Å²) in [6.07, 6.45) is 1.39. The van der Waals surface area contributed by atoms with Gasteiger partial charge in [-0.2, -0.15) is 0 Å². The van der Waals surface area contributed by atoms with E-state index in [0.29, 0.717) is 11.1 Å². The number of aryl methyl sites for hydroxylation is 1. The molecule has 0 aliphatic rings. The maximum Gasteiger partial charge on any atom is 0.186 e. The van der Waals surface area contributed by atoms with Gasteiger partial charge in [-0.25, -0.2) is 0 Å². The molecule has 1 aromatic carbocycles. The van der Waals surface area contributed by atoms with Crippen molar-refractivity contribution in [2.24, 2.45) is 0 Å². The molecule has 0 unspecified atom stereocenters. The molecule has 0 aromatic heterocycles. The van der Waals surface area contributed by atoms with Crippen LogP contribution in [-0.2, 0) is 4.79 Å². The minimum absolute atomic E-state index is 0.0723. The first-order chi connectivity index (χ1) is 7.02. The Morgan fingerprint density at radius 1 is 1.13 bits per heavy atom. The van der Waals surface area contributed by atoms with Crippen molar-refractivity contribution in [2.75, 3.05) is 0 Å². The monoisotopic (exact) mass is 202 g/mol. The Morgan fingerprint density at radius 3 is 2.27 bits per heavy atom. The first-order valence-electron chi connectivity index (χ1n) is 4.81. The number of ketones is 2. The number of hydrogen-bond donors (Lipinski definition) is 0. The van der Waals surface area contributed by atoms with Crippen LogP contribution in [0.25, 0.3) is 0 Å². The number of hydrogen-bond acceptors (Lipinski definition) is 2. The number of Topliss-reactive ketones (excluding diaryl/α,β-unsaturated/α-hetero) is 1. The van der Waals surface area contributed by atoms with Crippen LogP contribution in [0, 0.1) is 6.92 Å². The van der Waals surface area contributed by atoms with E-state index in [2.05, 4.69) is 0 Å². The Kier molecular flexibility index (Phi) is 3.56. The lowest BCUT2D eigenvalue weighted by molar-refractivity contribution is -0.113. The quantitative estimate of drug-likeness (QED) is 0.558. The van der Waals surface area contributed by atoms with Crippen molar-refractivity contribution in [3.05, 3.63) is 47.0 Å². The molecule has 78 valence electrons. The molecule has 1 rings (SSSR count). The molecule has 0 saturated carbocycles. The van der Waals surface area contributed by atoms with Crippen LogP contribution in [0.1, 0.15) is 29.8 Å². The lowest BCUT2D eigenvalue weighted by atomic mass is 10.0. The van der Waals surface area contributed by atoms with Gasteiger partial charge in [-0.15, -0.1) is 0 Å². The Labute approximate surface area is 89.6 Å². The fraction of sp³-hybridized carbons (Fsp3) is 0.231. The lowest BCUT2D eigenvalue weighted by Gasteiger charge is -2.01. The fourth-order valence-electron chi connectivity index (χ4n) is 1.23. The average Bonchev–Trinajstić information content (AvgIpc) is 2.18. The van der Waals surface area contributed by atoms with E-state index in [4.69, 9.17) is 0 Å². The van der Waals surface area contributed by atoms with Gasteiger partial charge in [0.2, 0.25) is 0 Å². The molecule has 0 aliphatic heterocycles. The van der Waals surface area contributed by atoms with E-state index in [1.165, 1.54) is 13.0 Å². The summed E-state index contributed by atoms with van der Waals surface area (Å²) in [4.78, 5) is 22.7. The highest BCUT2D eigenvalue weighted by molar-refractivity contribution is 6.10. The Hall–Kier alpha value is -1.70. The Balaban J connectivity index is 3.02. The zero-order chi connectivity index (χ0) is 11.4. The summed E-state index contributed by atoms with van der Waals surface area (Å²) in [5.41, 5.74) is 2.07. The molecule has 15 heavy (non-hydrogen) atoms. The first-order valence-corrected chi connectivity index (χ1v) is 4.81. The molecule has 0 bridgehead atoms. The van der Waals surface area contributed by atoms with E-state index in [1.54, 1.807) is 13.0 Å². The summed E-state index contributed by atoms with van der Waals surface area (Å²) in [6, 6.07) is 7.34. The van der Waals surface area contributed by atoms with Crippen LogP contribution in [0.3, 0.4) is 0 Å². The second kappa shape index (κ2) is 4.69. The minimum atomic E-state index is -0.110. The van der Waals surface area contributed by atoms with Gasteiger partial charge in [0.1, 0.15) is 0 Å². The number of carbonyl (C=O) groups is 2. The van der Waals surface area contributed by atoms with Gasteiger partial charge in [0.15, 0.2) is 11.6 Å². The van der Waals surface area contributed by atoms with Crippen LogP contribution in [-0.4, -0.2) is 11.6 Å². The number of rotatable bonds is 3. The van der Waals surface area contributed by atoms with Crippen molar-refractivity contribution >= 4 is 11.6 Å². The predicted molar refractivity (Wildman–Crippen MR) is 59.9 cm³/mol. The van der Waals surface area contributed by atoms with Crippen molar-refractivity contribution < 1.29 is 9.59 Å². The fourth-order valence-corrected chi connectivity index (χ4v) is 1.23. The van der Waals surface area contributed by atoms with Crippen molar-refractivity contribution in [3.63, 3.8) is 0 Å². The van der Waals surface area contributed by atoms with Gasteiger partial charge in [0, 0.05) is 5.56 Å². The van der Waals surface area contributed by atoms with E-state index >= 15 is 0 Å². The van der Waals surface area contributed by atoms with Crippen LogP contribution in [0.4, 0.5) is 0 Å². The van der Waals surface area contributed by atoms with Crippen LogP contribution in [0.15, 0.2) is 35.9 Å². The average molecular weight is 202 g/mol. The van der Waals surface area contributed by atoms with Crippen LogP contribution in [0.2, 0.25) is 0 Å². The molecule has 0 saturated heterocycles. The predicted octanol–water partition coefficient (Wildman–Crippen LogP) is 2.71. The molecule has 0 fully saturated rings. The molecule has 0 radical (unpaired) electrons. The molecule has 0 amide bonds. The highest BCUT2D eigenvalue weighted by Gasteiger charge is 2.06. The van der Waals surface area contributed by atoms with Crippen molar-refractivity contribution in [2.45, 2.75) is 20.8 Å². The molecule has 0 aliphatic carbocycles. The molecular weight excluding hydrogens is 188 g/mol. The molecule has 2 nitrogen and oxygen atoms in total. The van der Waals surface area contributed by atoms with Gasteiger partial charge < -0.3 is 0 Å². The van der Waals surface area contributed by atoms with Gasteiger partial charge in [-0.05, 0) is 38.0 Å². The third kappa shape index (κ3) is 2.88. The normalized spacial score (nSPS) is 11.3. The van der Waals surface area contributed by atoms with Crippen LogP contribution in [0.5, 0.6) is 0 Å². The highest BCUT2D eigenvalue weighted by Crippen LogP contribution is 2.09. The van der Waals surface area contributed by atoms with Crippen molar-refractivity contribution in [1.82, 2.24) is 0 Å². The van der Waals surface area contributed by atoms with Crippen LogP contribution >= 0.6 is 0 Å². The number of benzene rings is 1. The summed E-state index contributed by atoms with van der Waals surface area (Å²) in [5.74, 6) is -0.183. The number of carbonyl (C=O) groups excluding carboxylic acids is 2. The summed E-state index contributed by atoms with van der Waals surface area (Å²) >= 11 is 0. The van der Waals surface area contributed by atoms with E-state index in [-0.39, 0.29) is 11.6 Å². The topological polar surface area (TPSA) is 34.1 Å². The lowest BCUT2D eigenvalue weighted by Crippen LogP contribution is -2.01. The molecular formula is C13H14O2. The maximum atomic E-state index is 11.8. The molecule has 0 spiro atoms. The SMILES string of the molecule is CC(=O)/C(C)=C/C(=O)c1ccccc1C. The third-order valence-electron chi connectivity index (χ3n) is 2.31. The molecule has 0 atom stereocenters. The van der Waals surface area contributed by atoms with Crippen LogP contribution < -0.4 is 0 Å². The van der Waals surface area contributed by atoms with Gasteiger partial charge >= 0.3 is 0 Å². The van der Waals surface area contributed by atoms with E-state index < -0.39 is 0 Å². The van der Waals surface area contributed by atoms with Gasteiger partial charge in [-0.1, -0.05) is 24.3 Å². The summed E-state index contributed by atoms with van der Waals surface area (Å²) < 4.78 is 0. The summed E-state index contributed by atoms with van der Waals surface area (Å²) in [6.45, 7) is 4.99. The molecule has 0 N–H and O–H groups in total. The zero-order valence-corrected chi connectivity index (χ0v) is 9.20. The van der Waals surface area contributed by atoms with Gasteiger partial charge in [0.25, 0.3) is 0 Å². The molecule has 0 heterocycles. The second-order valence-corrected chi connectivity index (χ2v) is 3.56. The molecule has 1 aromatic rings. The van der Waals surface area contributed by atoms with E-state index in [9.17, 15) is 9.59 Å². The van der Waals surface area contributed by atoms with E-state index in [1.807, 2.05) is 25.1 Å². The highest BCUT2D eigenvalue weighted by atomic mass is 16.1. The van der Waals surface area contributed by atoms with Crippen molar-refractivity contribution in [1.29, 1.82) is 0 Å². The summed E-state index contributed by atoms with van der Waals surface area (Å²) in [7, 11) is 0. The standard InChI is InChI=1S/C13H14O2/c1-9-6-4-5-7-12(9)13(15)8-10(2)11(3)14/h4-8H,1-3H3/b10-8+. The third-order valence-corrected chi connectivity index (χ3v) is 2.31. The smallest absolute Gasteiger partial charge is 0.186 e. The maximum absolute atomic E-state index is 11.8. The Bertz CT molecular complexity index is 428. The first kappa shape index (κ1) is 11.4. The Morgan fingerprint density at radius 2 is 1.73 bits per heavy atom. The number of allylic oxidation sites excluding steroid dienone is 2. The summed E-state index contributed by atoms with van der Waals surface area (Å²) in [5, 5.41) is 0. The van der Waals surface area contributed by atoms with Gasteiger partial charge in [-0.3, -0.25) is 9.59 Å².